The summed E-state index contributed by atoms with van der Waals surface area (Å²) in [4.78, 5) is 12.8. The molecule has 198 valence electrons. The fourth-order valence-electron chi connectivity index (χ4n) is 4.45. The second kappa shape index (κ2) is 8.78. The van der Waals surface area contributed by atoms with Crippen molar-refractivity contribution in [2.45, 2.75) is 42.3 Å². The molecular weight excluding hydrogens is 527 g/mol. The molecule has 3 heterocycles. The van der Waals surface area contributed by atoms with Crippen LogP contribution in [0, 0.1) is 11.3 Å². The zero-order valence-electron chi connectivity index (χ0n) is 20.5. The highest BCUT2D eigenvalue weighted by molar-refractivity contribution is 7.91. The normalized spacial score (nSPS) is 16.0. The van der Waals surface area contributed by atoms with Crippen molar-refractivity contribution in [2.75, 3.05) is 5.75 Å². The van der Waals surface area contributed by atoms with E-state index in [2.05, 4.69) is 16.0 Å². The average molecular weight is 549 g/mol. The van der Waals surface area contributed by atoms with Crippen molar-refractivity contribution >= 4 is 22.3 Å². The van der Waals surface area contributed by atoms with Gasteiger partial charge in [0.05, 0.1) is 17.0 Å². The molecule has 1 fully saturated rings. The first-order valence-corrected chi connectivity index (χ1v) is 12.9. The second-order valence-electron chi connectivity index (χ2n) is 9.19. The molecule has 1 atom stereocenters. The predicted molar refractivity (Wildman–Crippen MR) is 130 cm³/mol. The lowest BCUT2D eigenvalue weighted by Gasteiger charge is -2.19. The first-order valence-electron chi connectivity index (χ1n) is 11.6. The van der Waals surface area contributed by atoms with Gasteiger partial charge in [-0.1, -0.05) is 18.2 Å². The molecule has 1 aromatic carbocycles. The van der Waals surface area contributed by atoms with Crippen LogP contribution in [-0.2, 0) is 36.6 Å². The molecule has 0 spiro atoms. The first-order chi connectivity index (χ1) is 17.8. The summed E-state index contributed by atoms with van der Waals surface area (Å²) in [7, 11) is 3.21. The molecule has 0 bridgehead atoms. The molecule has 13 heteroatoms. The maximum atomic E-state index is 14.0. The average Bonchev–Trinajstić information content (AvgIpc) is 3.53. The van der Waals surface area contributed by atoms with Gasteiger partial charge in [0.1, 0.15) is 17.1 Å². The Labute approximate surface area is 217 Å². The van der Waals surface area contributed by atoms with E-state index in [0.717, 1.165) is 18.4 Å². The number of rotatable bonds is 6. The first kappa shape index (κ1) is 26.1. The van der Waals surface area contributed by atoms with E-state index in [-0.39, 0.29) is 28.4 Å². The Bertz CT molecular complexity index is 1600. The Morgan fingerprint density at radius 2 is 1.79 bits per heavy atom. The number of halogens is 5. The van der Waals surface area contributed by atoms with E-state index < -0.39 is 34.3 Å². The molecule has 1 aliphatic rings. The fourth-order valence-corrected chi connectivity index (χ4v) is 5.47. The van der Waals surface area contributed by atoms with Gasteiger partial charge >= 0.3 is 12.1 Å². The standard InChI is InChI=1S/C25H21F5N6OS/c1-4-38(37)22-18(34-19(36(22)3)14-6-5-7-15(10-14)23(13-31)8-9-23)21-33-17-11-16(12-32-20(17)35(21)2)24(26,27)25(28,29)30/h5-7,10-12H,4,8-9H2,1-3H3. The number of fused-ring (bicyclic) bond motifs is 1. The molecule has 0 aliphatic heterocycles. The Morgan fingerprint density at radius 3 is 2.39 bits per heavy atom. The van der Waals surface area contributed by atoms with Crippen LogP contribution in [0.2, 0.25) is 0 Å². The molecule has 3 aromatic heterocycles. The molecule has 0 amide bonds. The quantitative estimate of drug-likeness (QED) is 0.238. The van der Waals surface area contributed by atoms with Gasteiger partial charge in [-0.25, -0.2) is 15.0 Å². The van der Waals surface area contributed by atoms with E-state index in [9.17, 15) is 31.8 Å². The maximum Gasteiger partial charge on any atom is 0.458 e. The Balaban J connectivity index is 1.67. The minimum Gasteiger partial charge on any atom is -0.610 e. The highest BCUT2D eigenvalue weighted by Gasteiger charge is 2.59. The van der Waals surface area contributed by atoms with Crippen molar-refractivity contribution in [3.63, 3.8) is 0 Å². The lowest BCUT2D eigenvalue weighted by molar-refractivity contribution is -0.289. The van der Waals surface area contributed by atoms with Crippen LogP contribution in [0.4, 0.5) is 22.0 Å². The third kappa shape index (κ3) is 3.94. The van der Waals surface area contributed by atoms with E-state index in [4.69, 9.17) is 4.98 Å². The maximum absolute atomic E-state index is 14.0. The number of hydrogen-bond donors (Lipinski definition) is 0. The van der Waals surface area contributed by atoms with Crippen LogP contribution in [-0.4, -0.2) is 40.6 Å². The third-order valence-electron chi connectivity index (χ3n) is 6.80. The van der Waals surface area contributed by atoms with Gasteiger partial charge in [-0.15, -0.1) is 0 Å². The van der Waals surface area contributed by atoms with Crippen molar-refractivity contribution in [1.29, 1.82) is 5.26 Å². The summed E-state index contributed by atoms with van der Waals surface area (Å²) in [5.41, 5.74) is -0.256. The molecule has 0 saturated heterocycles. The summed E-state index contributed by atoms with van der Waals surface area (Å²) in [5, 5.41) is 9.92. The van der Waals surface area contributed by atoms with Crippen molar-refractivity contribution < 1.29 is 26.5 Å². The lowest BCUT2D eigenvalue weighted by atomic mass is 9.96. The molecule has 0 radical (unpaired) electrons. The van der Waals surface area contributed by atoms with E-state index in [1.807, 2.05) is 24.3 Å². The number of pyridine rings is 1. The Kier molecular flexibility index (Phi) is 6.03. The molecular formula is C25H21F5N6OS. The van der Waals surface area contributed by atoms with Gasteiger partial charge in [-0.05, 0) is 37.5 Å². The Morgan fingerprint density at radius 1 is 1.08 bits per heavy atom. The largest absolute Gasteiger partial charge is 0.610 e. The second-order valence-corrected chi connectivity index (χ2v) is 10.8. The van der Waals surface area contributed by atoms with Gasteiger partial charge in [-0.3, -0.25) is 4.57 Å². The molecule has 7 nitrogen and oxygen atoms in total. The van der Waals surface area contributed by atoms with E-state index in [0.29, 0.717) is 28.7 Å². The summed E-state index contributed by atoms with van der Waals surface area (Å²) in [5.74, 6) is -4.30. The molecule has 1 aliphatic carbocycles. The number of benzene rings is 1. The number of aryl methyl sites for hydroxylation is 1. The van der Waals surface area contributed by atoms with Crippen LogP contribution in [0.5, 0.6) is 0 Å². The van der Waals surface area contributed by atoms with Gasteiger partial charge < -0.3 is 9.12 Å². The topological polar surface area (TPSA) is 95.4 Å². The van der Waals surface area contributed by atoms with Crippen LogP contribution in [0.3, 0.4) is 0 Å². The fraction of sp³-hybridized carbons (Fsp3) is 0.360. The molecule has 4 aromatic rings. The molecule has 38 heavy (non-hydrogen) atoms. The van der Waals surface area contributed by atoms with Gasteiger partial charge in [0.15, 0.2) is 17.2 Å². The highest BCUT2D eigenvalue weighted by atomic mass is 32.2. The summed E-state index contributed by atoms with van der Waals surface area (Å²) in [6, 6.07) is 10.4. The van der Waals surface area contributed by atoms with Crippen LogP contribution in [0.25, 0.3) is 34.1 Å². The molecule has 0 N–H and O–H groups in total. The highest BCUT2D eigenvalue weighted by Crippen LogP contribution is 2.48. The number of hydrogen-bond acceptors (Lipinski definition) is 5. The lowest BCUT2D eigenvalue weighted by Crippen LogP contribution is -2.33. The van der Waals surface area contributed by atoms with Gasteiger partial charge in [0.2, 0.25) is 0 Å². The van der Waals surface area contributed by atoms with Crippen molar-refractivity contribution in [3.8, 4) is 29.0 Å². The van der Waals surface area contributed by atoms with E-state index in [1.54, 1.807) is 18.5 Å². The van der Waals surface area contributed by atoms with E-state index >= 15 is 0 Å². The van der Waals surface area contributed by atoms with Crippen LogP contribution in [0.15, 0.2) is 41.6 Å². The molecule has 1 saturated carbocycles. The predicted octanol–water partition coefficient (Wildman–Crippen LogP) is 5.37. The van der Waals surface area contributed by atoms with Crippen molar-refractivity contribution in [1.82, 2.24) is 24.1 Å². The van der Waals surface area contributed by atoms with Crippen LogP contribution >= 0.6 is 0 Å². The van der Waals surface area contributed by atoms with Gasteiger partial charge in [-0.2, -0.15) is 27.2 Å². The summed E-state index contributed by atoms with van der Waals surface area (Å²) in [6.45, 7) is 1.72. The SMILES string of the molecule is CC[S+]([O-])c1c(-c2nc3cc(C(F)(F)C(F)(F)F)cnc3n2C)nc(-c2cccc(C3(C#N)CC3)c2)n1C. The molecule has 5 rings (SSSR count). The number of alkyl halides is 5. The summed E-state index contributed by atoms with van der Waals surface area (Å²) < 4.78 is 82.8. The van der Waals surface area contributed by atoms with E-state index in [1.165, 1.54) is 11.6 Å². The molecule has 1 unspecified atom stereocenters. The van der Waals surface area contributed by atoms with Crippen LogP contribution in [0.1, 0.15) is 30.9 Å². The number of imidazole rings is 2. The minimum absolute atomic E-state index is 0.0638. The Hall–Kier alpha value is -3.50. The summed E-state index contributed by atoms with van der Waals surface area (Å²) >= 11 is -1.53. The number of nitriles is 1. The van der Waals surface area contributed by atoms with Crippen molar-refractivity contribution in [2.24, 2.45) is 14.1 Å². The minimum atomic E-state index is -5.79. The van der Waals surface area contributed by atoms with Crippen molar-refractivity contribution in [3.05, 3.63) is 47.7 Å². The zero-order valence-corrected chi connectivity index (χ0v) is 21.3. The van der Waals surface area contributed by atoms with Gasteiger partial charge in [0, 0.05) is 37.0 Å². The van der Waals surface area contributed by atoms with Crippen LogP contribution < -0.4 is 0 Å². The number of nitrogens with zero attached hydrogens (tertiary/aromatic N) is 6. The summed E-state index contributed by atoms with van der Waals surface area (Å²) in [6.07, 6.45) is -3.80. The van der Waals surface area contributed by atoms with Gasteiger partial charge in [0.25, 0.3) is 5.03 Å². The number of aromatic nitrogens is 5. The third-order valence-corrected chi connectivity index (χ3v) is 8.22. The zero-order chi connectivity index (χ0) is 27.6. The monoisotopic (exact) mass is 548 g/mol. The smallest absolute Gasteiger partial charge is 0.458 e.